The van der Waals surface area contributed by atoms with E-state index in [2.05, 4.69) is 4.98 Å². The van der Waals surface area contributed by atoms with Crippen LogP contribution in [0.3, 0.4) is 0 Å². The summed E-state index contributed by atoms with van der Waals surface area (Å²) in [5.74, 6) is -1.15. The van der Waals surface area contributed by atoms with Crippen LogP contribution in [0.2, 0.25) is 0 Å². The number of Topliss-reactive ketones (excluding diaryl/α,β-unsaturated/α-hetero) is 1. The minimum Gasteiger partial charge on any atom is -0.360 e. The molecule has 96 valence electrons. The molecule has 0 aliphatic heterocycles. The van der Waals surface area contributed by atoms with E-state index < -0.39 is 11.7 Å². The van der Waals surface area contributed by atoms with Gasteiger partial charge in [0.25, 0.3) is 11.7 Å². The maximum absolute atomic E-state index is 12.1. The molecular weight excluding hydrogens is 242 g/mol. The number of nitrogens with one attached hydrogen (secondary N) is 1. The smallest absolute Gasteiger partial charge is 0.294 e. The molecule has 0 aliphatic carbocycles. The number of rotatable bonds is 4. The molecule has 1 amide bonds. The number of nitrogens with zero attached hydrogens (tertiary/aromatic N) is 2. The lowest BCUT2D eigenvalue weighted by Gasteiger charge is -2.13. The molecule has 19 heavy (non-hydrogen) atoms. The first-order chi connectivity index (χ1) is 9.15. The van der Waals surface area contributed by atoms with Crippen molar-refractivity contribution >= 4 is 22.6 Å². The Bertz CT molecular complexity index is 667. The number of hydrogen-bond acceptors (Lipinski definition) is 3. The van der Waals surface area contributed by atoms with Crippen molar-refractivity contribution in [1.82, 2.24) is 9.88 Å². The third-order valence-corrected chi connectivity index (χ3v) is 2.93. The summed E-state index contributed by atoms with van der Waals surface area (Å²) < 4.78 is 0. The third kappa shape index (κ3) is 2.47. The quantitative estimate of drug-likeness (QED) is 0.667. The largest absolute Gasteiger partial charge is 0.360 e. The van der Waals surface area contributed by atoms with Crippen LogP contribution in [0.4, 0.5) is 0 Å². The molecule has 5 nitrogen and oxygen atoms in total. The van der Waals surface area contributed by atoms with Gasteiger partial charge in [-0.2, -0.15) is 5.26 Å². The van der Waals surface area contributed by atoms with Crippen LogP contribution >= 0.6 is 0 Å². The average molecular weight is 255 g/mol. The second-order valence-corrected chi connectivity index (χ2v) is 4.21. The summed E-state index contributed by atoms with van der Waals surface area (Å²) in [5.41, 5.74) is 1.18. The number of benzene rings is 1. The van der Waals surface area contributed by atoms with Gasteiger partial charge in [0.15, 0.2) is 0 Å². The van der Waals surface area contributed by atoms with Gasteiger partial charge in [-0.05, 0) is 6.07 Å². The van der Waals surface area contributed by atoms with E-state index in [-0.39, 0.29) is 13.0 Å². The summed E-state index contributed by atoms with van der Waals surface area (Å²) in [6.07, 6.45) is 1.76. The highest BCUT2D eigenvalue weighted by atomic mass is 16.2. The van der Waals surface area contributed by atoms with Crippen molar-refractivity contribution in [2.24, 2.45) is 0 Å². The van der Waals surface area contributed by atoms with Gasteiger partial charge >= 0.3 is 0 Å². The number of carbonyl (C=O) groups excluding carboxylic acids is 2. The van der Waals surface area contributed by atoms with Gasteiger partial charge in [-0.3, -0.25) is 9.59 Å². The lowest BCUT2D eigenvalue weighted by atomic mass is 10.1. The van der Waals surface area contributed by atoms with Crippen LogP contribution in [0.25, 0.3) is 10.9 Å². The lowest BCUT2D eigenvalue weighted by molar-refractivity contribution is -0.125. The number of aromatic amines is 1. The molecule has 0 bridgehead atoms. The van der Waals surface area contributed by atoms with Crippen LogP contribution in [-0.2, 0) is 4.79 Å². The summed E-state index contributed by atoms with van der Waals surface area (Å²) in [4.78, 5) is 28.3. The van der Waals surface area contributed by atoms with Crippen molar-refractivity contribution in [2.45, 2.75) is 6.42 Å². The van der Waals surface area contributed by atoms with Crippen LogP contribution in [-0.4, -0.2) is 35.2 Å². The van der Waals surface area contributed by atoms with E-state index in [1.165, 1.54) is 11.9 Å². The molecule has 1 N–H and O–H groups in total. The molecule has 0 unspecified atom stereocenters. The minimum absolute atomic E-state index is 0.212. The Morgan fingerprint density at radius 3 is 2.84 bits per heavy atom. The lowest BCUT2D eigenvalue weighted by Crippen LogP contribution is -2.33. The molecule has 2 rings (SSSR count). The number of hydrogen-bond donors (Lipinski definition) is 1. The maximum Gasteiger partial charge on any atom is 0.294 e. The van der Waals surface area contributed by atoms with Crippen LogP contribution in [0, 0.1) is 11.3 Å². The molecule has 1 aromatic carbocycles. The Morgan fingerprint density at radius 1 is 1.37 bits per heavy atom. The summed E-state index contributed by atoms with van der Waals surface area (Å²) in [7, 11) is 1.52. The average Bonchev–Trinajstić information content (AvgIpc) is 2.87. The SMILES string of the molecule is CN(CCC#N)C(=O)C(=O)c1c[nH]c2ccccc12. The molecule has 0 aliphatic rings. The number of aromatic nitrogens is 1. The van der Waals surface area contributed by atoms with Crippen molar-refractivity contribution < 1.29 is 9.59 Å². The van der Waals surface area contributed by atoms with E-state index in [1.807, 2.05) is 24.3 Å². The van der Waals surface area contributed by atoms with E-state index in [0.717, 1.165) is 10.9 Å². The second-order valence-electron chi connectivity index (χ2n) is 4.21. The number of nitriles is 1. The number of fused-ring (bicyclic) bond motifs is 1. The maximum atomic E-state index is 12.1. The summed E-state index contributed by atoms with van der Waals surface area (Å²) in [6.45, 7) is 0.253. The Hall–Kier alpha value is -2.61. The van der Waals surface area contributed by atoms with Crippen molar-refractivity contribution in [1.29, 1.82) is 5.26 Å². The molecule has 1 heterocycles. The van der Waals surface area contributed by atoms with E-state index in [9.17, 15) is 9.59 Å². The summed E-state index contributed by atoms with van der Waals surface area (Å²) in [6, 6.07) is 9.25. The fraction of sp³-hybridized carbons (Fsp3) is 0.214. The molecule has 0 fully saturated rings. The Balaban J connectivity index is 2.25. The first-order valence-electron chi connectivity index (χ1n) is 5.88. The van der Waals surface area contributed by atoms with Gasteiger partial charge in [0.2, 0.25) is 0 Å². The van der Waals surface area contributed by atoms with E-state index >= 15 is 0 Å². The van der Waals surface area contributed by atoms with Gasteiger partial charge < -0.3 is 9.88 Å². The number of ketones is 1. The normalized spacial score (nSPS) is 10.1. The van der Waals surface area contributed by atoms with Crippen LogP contribution in [0.1, 0.15) is 16.8 Å². The zero-order chi connectivity index (χ0) is 13.8. The van der Waals surface area contributed by atoms with Crippen LogP contribution < -0.4 is 0 Å². The minimum atomic E-state index is -0.597. The molecule has 2 aromatic rings. The highest BCUT2D eigenvalue weighted by Crippen LogP contribution is 2.18. The molecular formula is C14H13N3O2. The summed E-state index contributed by atoms with van der Waals surface area (Å²) >= 11 is 0. The number of amides is 1. The molecule has 0 atom stereocenters. The Morgan fingerprint density at radius 2 is 2.11 bits per heavy atom. The highest BCUT2D eigenvalue weighted by Gasteiger charge is 2.22. The van der Waals surface area contributed by atoms with Gasteiger partial charge in [0.1, 0.15) is 0 Å². The zero-order valence-electron chi connectivity index (χ0n) is 10.5. The van der Waals surface area contributed by atoms with Crippen LogP contribution in [0.15, 0.2) is 30.5 Å². The second kappa shape index (κ2) is 5.36. The predicted molar refractivity (Wildman–Crippen MR) is 70.5 cm³/mol. The van der Waals surface area contributed by atoms with Gasteiger partial charge in [0.05, 0.1) is 18.1 Å². The van der Waals surface area contributed by atoms with Gasteiger partial charge in [0, 0.05) is 30.7 Å². The molecule has 5 heteroatoms. The number of para-hydroxylation sites is 1. The van der Waals surface area contributed by atoms with Gasteiger partial charge in [-0.1, -0.05) is 18.2 Å². The van der Waals surface area contributed by atoms with E-state index in [4.69, 9.17) is 5.26 Å². The topological polar surface area (TPSA) is 77.0 Å². The Labute approximate surface area is 110 Å². The number of likely N-dealkylation sites (N-methyl/N-ethyl adjacent to an activating group) is 1. The molecule has 0 radical (unpaired) electrons. The van der Waals surface area contributed by atoms with Crippen molar-refractivity contribution in [3.63, 3.8) is 0 Å². The molecule has 1 aromatic heterocycles. The fourth-order valence-corrected chi connectivity index (χ4v) is 1.87. The Kier molecular flexibility index (Phi) is 3.62. The zero-order valence-corrected chi connectivity index (χ0v) is 10.5. The van der Waals surface area contributed by atoms with Crippen molar-refractivity contribution in [3.05, 3.63) is 36.0 Å². The van der Waals surface area contributed by atoms with Crippen LogP contribution in [0.5, 0.6) is 0 Å². The highest BCUT2D eigenvalue weighted by molar-refractivity contribution is 6.44. The van der Waals surface area contributed by atoms with E-state index in [1.54, 1.807) is 12.3 Å². The molecule has 0 saturated heterocycles. The predicted octanol–water partition coefficient (Wildman–Crippen LogP) is 1.72. The molecule has 0 spiro atoms. The first kappa shape index (κ1) is 12.8. The third-order valence-electron chi connectivity index (χ3n) is 2.93. The number of carbonyl (C=O) groups is 2. The summed E-state index contributed by atoms with van der Waals surface area (Å²) in [5, 5.41) is 9.21. The van der Waals surface area contributed by atoms with Gasteiger partial charge in [-0.15, -0.1) is 0 Å². The first-order valence-corrected chi connectivity index (χ1v) is 5.88. The monoisotopic (exact) mass is 255 g/mol. The van der Waals surface area contributed by atoms with Crippen molar-refractivity contribution in [2.75, 3.05) is 13.6 Å². The fourth-order valence-electron chi connectivity index (χ4n) is 1.87. The molecule has 0 saturated carbocycles. The van der Waals surface area contributed by atoms with Crippen molar-refractivity contribution in [3.8, 4) is 6.07 Å². The van der Waals surface area contributed by atoms with E-state index in [0.29, 0.717) is 5.56 Å². The number of H-pyrrole nitrogens is 1. The standard InChI is InChI=1S/C14H13N3O2/c1-17(8-4-7-15)14(19)13(18)11-9-16-12-6-3-2-5-10(11)12/h2-3,5-6,9,16H,4,8H2,1H3. The van der Waals surface area contributed by atoms with Gasteiger partial charge in [-0.25, -0.2) is 0 Å².